The molecule has 0 amide bonds. The molecule has 0 aliphatic carbocycles. The summed E-state index contributed by atoms with van der Waals surface area (Å²) in [6.07, 6.45) is -0.664. The van der Waals surface area contributed by atoms with E-state index in [0.29, 0.717) is 11.1 Å². The molecule has 4 N–H and O–H groups in total. The summed E-state index contributed by atoms with van der Waals surface area (Å²) in [4.78, 5) is 10.8. The summed E-state index contributed by atoms with van der Waals surface area (Å²) in [6.45, 7) is 4.87. The maximum atomic E-state index is 10.8. The Balaban J connectivity index is 3.44. The molecule has 0 saturated heterocycles. The molecule has 0 spiro atoms. The van der Waals surface area contributed by atoms with Crippen LogP contribution in [0.4, 0.5) is 0 Å². The Kier molecular flexibility index (Phi) is 3.63. The van der Waals surface area contributed by atoms with E-state index in [1.807, 2.05) is 0 Å². The fraction of sp³-hybridized carbons (Fsp3) is 0.417. The third kappa shape index (κ3) is 2.34. The van der Waals surface area contributed by atoms with Crippen LogP contribution < -0.4 is 0 Å². The van der Waals surface area contributed by atoms with E-state index in [1.165, 1.54) is 6.07 Å². The van der Waals surface area contributed by atoms with E-state index in [1.54, 1.807) is 20.8 Å². The first-order valence-electron chi connectivity index (χ1n) is 5.24. The molecule has 17 heavy (non-hydrogen) atoms. The highest BCUT2D eigenvalue weighted by Gasteiger charge is 2.23. The highest BCUT2D eigenvalue weighted by Crippen LogP contribution is 2.37. The number of carbonyl (C=O) groups is 1. The largest absolute Gasteiger partial charge is 0.507 e. The van der Waals surface area contributed by atoms with E-state index in [9.17, 15) is 20.1 Å². The molecule has 0 unspecified atom stereocenters. The average molecular weight is 240 g/mol. The quantitative estimate of drug-likeness (QED) is 0.643. The van der Waals surface area contributed by atoms with Gasteiger partial charge in [-0.05, 0) is 31.0 Å². The number of hydrogen-bond donors (Lipinski definition) is 4. The van der Waals surface area contributed by atoms with Crippen molar-refractivity contribution in [3.8, 4) is 11.5 Å². The van der Waals surface area contributed by atoms with Gasteiger partial charge in [-0.25, -0.2) is 4.79 Å². The van der Waals surface area contributed by atoms with Crippen LogP contribution in [0.15, 0.2) is 6.07 Å². The van der Waals surface area contributed by atoms with E-state index in [0.717, 1.165) is 0 Å². The van der Waals surface area contributed by atoms with Gasteiger partial charge in [-0.15, -0.1) is 0 Å². The number of benzene rings is 1. The first-order chi connectivity index (χ1) is 7.77. The van der Waals surface area contributed by atoms with Crippen LogP contribution in [0.3, 0.4) is 0 Å². The summed E-state index contributed by atoms with van der Waals surface area (Å²) in [7, 11) is 0. The molecule has 94 valence electrons. The van der Waals surface area contributed by atoms with Crippen molar-refractivity contribution in [3.05, 3.63) is 22.8 Å². The van der Waals surface area contributed by atoms with Crippen LogP contribution in [-0.4, -0.2) is 32.5 Å². The van der Waals surface area contributed by atoms with Crippen molar-refractivity contribution in [3.63, 3.8) is 0 Å². The summed E-state index contributed by atoms with van der Waals surface area (Å²) in [6, 6.07) is 1.27. The van der Waals surface area contributed by atoms with Crippen molar-refractivity contribution in [1.29, 1.82) is 0 Å². The summed E-state index contributed by atoms with van der Waals surface area (Å²) >= 11 is 0. The van der Waals surface area contributed by atoms with Gasteiger partial charge in [0.1, 0.15) is 17.1 Å². The molecule has 2 atom stereocenters. The van der Waals surface area contributed by atoms with Gasteiger partial charge in [-0.2, -0.15) is 0 Å². The highest BCUT2D eigenvalue weighted by atomic mass is 16.4. The molecular formula is C12H16O5. The Bertz CT molecular complexity index is 451. The Labute approximate surface area is 99.0 Å². The number of aromatic hydroxyl groups is 2. The number of aliphatic hydroxyl groups excluding tert-OH is 1. The Hall–Kier alpha value is -1.75. The lowest BCUT2D eigenvalue weighted by atomic mass is 9.90. The molecule has 0 aliphatic rings. The molecule has 0 fully saturated rings. The van der Waals surface area contributed by atoms with Crippen LogP contribution in [0.1, 0.15) is 41.3 Å². The molecule has 0 heterocycles. The standard InChI is InChI=1S/C12H16O5/c1-5(7(3)13)8-4-9(14)10(12(16)17)11(15)6(8)2/h4-5,7,13-15H,1-3H3,(H,16,17)/t5-,7+/m1/s1. The van der Waals surface area contributed by atoms with E-state index in [-0.39, 0.29) is 5.92 Å². The van der Waals surface area contributed by atoms with Gasteiger partial charge in [-0.1, -0.05) is 6.92 Å². The lowest BCUT2D eigenvalue weighted by Crippen LogP contribution is -2.13. The van der Waals surface area contributed by atoms with E-state index in [2.05, 4.69) is 0 Å². The molecule has 5 nitrogen and oxygen atoms in total. The maximum Gasteiger partial charge on any atom is 0.343 e. The van der Waals surface area contributed by atoms with Crippen molar-refractivity contribution in [2.24, 2.45) is 0 Å². The van der Waals surface area contributed by atoms with Crippen molar-refractivity contribution in [1.82, 2.24) is 0 Å². The SMILES string of the molecule is Cc1c([C@H](C)[C@H](C)O)cc(O)c(C(=O)O)c1O. The number of aliphatic hydroxyl groups is 1. The average Bonchev–Trinajstić information content (AvgIpc) is 2.21. The van der Waals surface area contributed by atoms with Gasteiger partial charge >= 0.3 is 5.97 Å². The zero-order chi connectivity index (χ0) is 13.3. The summed E-state index contributed by atoms with van der Waals surface area (Å²) in [5, 5.41) is 37.6. The highest BCUT2D eigenvalue weighted by molar-refractivity contribution is 5.94. The van der Waals surface area contributed by atoms with Gasteiger partial charge in [0.25, 0.3) is 0 Å². The van der Waals surface area contributed by atoms with Gasteiger partial charge in [0.15, 0.2) is 0 Å². The van der Waals surface area contributed by atoms with Crippen molar-refractivity contribution < 1.29 is 25.2 Å². The normalized spacial score (nSPS) is 14.4. The first kappa shape index (κ1) is 13.3. The van der Waals surface area contributed by atoms with Crippen LogP contribution in [0, 0.1) is 6.92 Å². The van der Waals surface area contributed by atoms with E-state index >= 15 is 0 Å². The molecule has 1 aromatic carbocycles. The zero-order valence-corrected chi connectivity index (χ0v) is 9.93. The molecule has 0 saturated carbocycles. The Morgan fingerprint density at radius 1 is 1.29 bits per heavy atom. The smallest absolute Gasteiger partial charge is 0.343 e. The zero-order valence-electron chi connectivity index (χ0n) is 9.93. The summed E-state index contributed by atoms with van der Waals surface area (Å²) in [5.41, 5.74) is 0.373. The van der Waals surface area contributed by atoms with Crippen LogP contribution in [0.25, 0.3) is 0 Å². The van der Waals surface area contributed by atoms with Gasteiger partial charge in [0.05, 0.1) is 6.10 Å². The number of carboxylic acids is 1. The fourth-order valence-electron chi connectivity index (χ4n) is 1.72. The minimum atomic E-state index is -1.39. The lowest BCUT2D eigenvalue weighted by molar-refractivity contribution is 0.0690. The monoisotopic (exact) mass is 240 g/mol. The van der Waals surface area contributed by atoms with Crippen LogP contribution >= 0.6 is 0 Å². The van der Waals surface area contributed by atoms with Gasteiger partial charge in [0, 0.05) is 5.92 Å². The Morgan fingerprint density at radius 3 is 2.24 bits per heavy atom. The molecule has 0 bridgehead atoms. The summed E-state index contributed by atoms with van der Waals surface area (Å²) < 4.78 is 0. The molecular weight excluding hydrogens is 224 g/mol. The first-order valence-corrected chi connectivity index (χ1v) is 5.24. The van der Waals surface area contributed by atoms with Crippen LogP contribution in [-0.2, 0) is 0 Å². The predicted octanol–water partition coefficient (Wildman–Crippen LogP) is 1.59. The van der Waals surface area contributed by atoms with Crippen molar-refractivity contribution in [2.45, 2.75) is 32.8 Å². The number of aromatic carboxylic acids is 1. The number of carboxylic acid groups (broad SMARTS) is 1. The minimum absolute atomic E-state index is 0.311. The van der Waals surface area contributed by atoms with Crippen molar-refractivity contribution in [2.75, 3.05) is 0 Å². The molecule has 0 radical (unpaired) electrons. The molecule has 0 aliphatic heterocycles. The minimum Gasteiger partial charge on any atom is -0.507 e. The van der Waals surface area contributed by atoms with Gasteiger partial charge in [-0.3, -0.25) is 0 Å². The number of phenols is 2. The molecule has 5 heteroatoms. The topological polar surface area (TPSA) is 98.0 Å². The number of hydrogen-bond acceptors (Lipinski definition) is 4. The fourth-order valence-corrected chi connectivity index (χ4v) is 1.72. The van der Waals surface area contributed by atoms with E-state index in [4.69, 9.17) is 5.11 Å². The lowest BCUT2D eigenvalue weighted by Gasteiger charge is -2.19. The van der Waals surface area contributed by atoms with Gasteiger partial charge in [0.2, 0.25) is 0 Å². The third-order valence-corrected chi connectivity index (χ3v) is 3.00. The van der Waals surface area contributed by atoms with Crippen LogP contribution in [0.5, 0.6) is 11.5 Å². The third-order valence-electron chi connectivity index (χ3n) is 3.00. The van der Waals surface area contributed by atoms with Crippen molar-refractivity contribution >= 4 is 5.97 Å². The second-order valence-corrected chi connectivity index (χ2v) is 4.17. The molecule has 1 aromatic rings. The predicted molar refractivity (Wildman–Crippen MR) is 61.6 cm³/mol. The Morgan fingerprint density at radius 2 is 1.82 bits per heavy atom. The van der Waals surface area contributed by atoms with Crippen LogP contribution in [0.2, 0.25) is 0 Å². The summed E-state index contributed by atoms with van der Waals surface area (Å²) in [5.74, 6) is -2.66. The van der Waals surface area contributed by atoms with E-state index < -0.39 is 29.1 Å². The van der Waals surface area contributed by atoms with Gasteiger partial charge < -0.3 is 20.4 Å². The second kappa shape index (κ2) is 4.63. The second-order valence-electron chi connectivity index (χ2n) is 4.17. The maximum absolute atomic E-state index is 10.8. The number of rotatable bonds is 3. The molecule has 1 rings (SSSR count). The molecule has 0 aromatic heterocycles.